The standard InChI is InChI=1S/C16H26O2/c1-10(2)14-6-5-11(3)7-16(14)18-13-8-12(4)15(17)9-13/h9-12,14,16H,5-8H2,1-4H3/t11-,12?,14+,16-/m1/s1. The van der Waals surface area contributed by atoms with Gasteiger partial charge < -0.3 is 4.74 Å². The van der Waals surface area contributed by atoms with E-state index < -0.39 is 0 Å². The molecule has 0 heterocycles. The summed E-state index contributed by atoms with van der Waals surface area (Å²) in [4.78, 5) is 11.5. The second-order valence-electron chi connectivity index (χ2n) is 6.60. The molecule has 0 amide bonds. The Morgan fingerprint density at radius 1 is 1.28 bits per heavy atom. The van der Waals surface area contributed by atoms with E-state index in [0.717, 1.165) is 24.5 Å². The van der Waals surface area contributed by atoms with Gasteiger partial charge in [0, 0.05) is 18.4 Å². The summed E-state index contributed by atoms with van der Waals surface area (Å²) in [5, 5.41) is 0. The minimum absolute atomic E-state index is 0.124. The van der Waals surface area contributed by atoms with Crippen LogP contribution in [0, 0.1) is 23.7 Å². The van der Waals surface area contributed by atoms with Gasteiger partial charge in [0.25, 0.3) is 0 Å². The van der Waals surface area contributed by atoms with Crippen LogP contribution in [0.15, 0.2) is 11.8 Å². The number of hydrogen-bond donors (Lipinski definition) is 0. The molecule has 0 N–H and O–H groups in total. The monoisotopic (exact) mass is 250 g/mol. The lowest BCUT2D eigenvalue weighted by atomic mass is 9.75. The summed E-state index contributed by atoms with van der Waals surface area (Å²) >= 11 is 0. The van der Waals surface area contributed by atoms with Gasteiger partial charge in [0.2, 0.25) is 0 Å². The SMILES string of the molecule is CC1CC(O[C@@H]2C[C@H](C)CC[C@H]2C(C)C)=CC1=O. The molecule has 2 nitrogen and oxygen atoms in total. The molecule has 0 radical (unpaired) electrons. The molecule has 2 heteroatoms. The first-order chi connectivity index (χ1) is 8.47. The summed E-state index contributed by atoms with van der Waals surface area (Å²) < 4.78 is 6.18. The van der Waals surface area contributed by atoms with Gasteiger partial charge in [-0.3, -0.25) is 4.79 Å². The van der Waals surface area contributed by atoms with Gasteiger partial charge in [-0.05, 0) is 30.6 Å². The summed E-state index contributed by atoms with van der Waals surface area (Å²) in [6, 6.07) is 0. The largest absolute Gasteiger partial charge is 0.494 e. The molecule has 4 atom stereocenters. The molecule has 0 spiro atoms. The topological polar surface area (TPSA) is 26.3 Å². The fourth-order valence-corrected chi connectivity index (χ4v) is 3.29. The van der Waals surface area contributed by atoms with E-state index in [1.807, 2.05) is 6.92 Å². The Kier molecular flexibility index (Phi) is 4.14. The Morgan fingerprint density at radius 3 is 2.56 bits per heavy atom. The van der Waals surface area contributed by atoms with E-state index in [4.69, 9.17) is 4.74 Å². The molecular weight excluding hydrogens is 224 g/mol. The molecule has 0 aromatic rings. The number of carbonyl (C=O) groups is 1. The van der Waals surface area contributed by atoms with Crippen LogP contribution >= 0.6 is 0 Å². The van der Waals surface area contributed by atoms with E-state index in [9.17, 15) is 4.79 Å². The van der Waals surface area contributed by atoms with Crippen LogP contribution in [-0.2, 0) is 9.53 Å². The Bertz CT molecular complexity index is 343. The highest BCUT2D eigenvalue weighted by Crippen LogP contribution is 2.37. The molecule has 0 saturated heterocycles. The van der Waals surface area contributed by atoms with Crippen LogP contribution in [-0.4, -0.2) is 11.9 Å². The first kappa shape index (κ1) is 13.6. The molecule has 2 rings (SSSR count). The Hall–Kier alpha value is -0.790. The first-order valence-corrected chi connectivity index (χ1v) is 7.38. The van der Waals surface area contributed by atoms with Crippen molar-refractivity contribution in [3.8, 4) is 0 Å². The molecule has 0 aliphatic heterocycles. The number of rotatable bonds is 3. The van der Waals surface area contributed by atoms with Gasteiger partial charge in [-0.2, -0.15) is 0 Å². The second-order valence-corrected chi connectivity index (χ2v) is 6.60. The molecule has 102 valence electrons. The number of hydrogen-bond acceptors (Lipinski definition) is 2. The summed E-state index contributed by atoms with van der Waals surface area (Å²) in [7, 11) is 0. The van der Waals surface area contributed by atoms with Crippen molar-refractivity contribution in [1.82, 2.24) is 0 Å². The zero-order valence-corrected chi connectivity index (χ0v) is 12.1. The molecule has 0 aromatic heterocycles. The summed E-state index contributed by atoms with van der Waals surface area (Å²) in [6.45, 7) is 8.87. The third-order valence-electron chi connectivity index (χ3n) is 4.56. The number of allylic oxidation sites excluding steroid dienone is 2. The molecule has 1 saturated carbocycles. The maximum Gasteiger partial charge on any atom is 0.162 e. The van der Waals surface area contributed by atoms with Crippen molar-refractivity contribution in [2.24, 2.45) is 23.7 Å². The van der Waals surface area contributed by atoms with E-state index in [0.29, 0.717) is 17.9 Å². The van der Waals surface area contributed by atoms with Crippen molar-refractivity contribution in [2.45, 2.75) is 59.5 Å². The molecule has 2 aliphatic rings. The highest BCUT2D eigenvalue weighted by molar-refractivity contribution is 5.94. The van der Waals surface area contributed by atoms with E-state index in [2.05, 4.69) is 20.8 Å². The lowest BCUT2D eigenvalue weighted by Gasteiger charge is -2.37. The Balaban J connectivity index is 2.01. The molecule has 2 aliphatic carbocycles. The zero-order valence-electron chi connectivity index (χ0n) is 12.1. The highest BCUT2D eigenvalue weighted by Gasteiger charge is 2.34. The van der Waals surface area contributed by atoms with E-state index >= 15 is 0 Å². The third kappa shape index (κ3) is 2.96. The lowest BCUT2D eigenvalue weighted by molar-refractivity contribution is -0.116. The lowest BCUT2D eigenvalue weighted by Crippen LogP contribution is -2.34. The van der Waals surface area contributed by atoms with Gasteiger partial charge in [0.05, 0.1) is 0 Å². The van der Waals surface area contributed by atoms with Crippen molar-refractivity contribution < 1.29 is 9.53 Å². The third-order valence-corrected chi connectivity index (χ3v) is 4.56. The average molecular weight is 250 g/mol. The predicted molar refractivity (Wildman–Crippen MR) is 73.1 cm³/mol. The first-order valence-electron chi connectivity index (χ1n) is 7.38. The van der Waals surface area contributed by atoms with E-state index in [1.54, 1.807) is 6.08 Å². The molecule has 0 aromatic carbocycles. The number of ketones is 1. The fraction of sp³-hybridized carbons (Fsp3) is 0.812. The van der Waals surface area contributed by atoms with E-state index in [-0.39, 0.29) is 11.7 Å². The van der Waals surface area contributed by atoms with Crippen LogP contribution in [0.3, 0.4) is 0 Å². The minimum Gasteiger partial charge on any atom is -0.494 e. The number of ether oxygens (including phenoxy) is 1. The van der Waals surface area contributed by atoms with Crippen LogP contribution in [0.5, 0.6) is 0 Å². The van der Waals surface area contributed by atoms with Crippen LogP contribution < -0.4 is 0 Å². The second kappa shape index (κ2) is 5.46. The summed E-state index contributed by atoms with van der Waals surface area (Å²) in [5.74, 6) is 3.34. The Labute approximate surface area is 111 Å². The smallest absolute Gasteiger partial charge is 0.162 e. The highest BCUT2D eigenvalue weighted by atomic mass is 16.5. The van der Waals surface area contributed by atoms with Crippen molar-refractivity contribution in [1.29, 1.82) is 0 Å². The average Bonchev–Trinajstić information content (AvgIpc) is 2.57. The molecule has 18 heavy (non-hydrogen) atoms. The van der Waals surface area contributed by atoms with Crippen molar-refractivity contribution in [3.05, 3.63) is 11.8 Å². The van der Waals surface area contributed by atoms with Crippen molar-refractivity contribution in [2.75, 3.05) is 0 Å². The van der Waals surface area contributed by atoms with Crippen LogP contribution in [0.25, 0.3) is 0 Å². The van der Waals surface area contributed by atoms with Gasteiger partial charge in [0.15, 0.2) is 5.78 Å². The molecular formula is C16H26O2. The summed E-state index contributed by atoms with van der Waals surface area (Å²) in [6.07, 6.45) is 6.56. The summed E-state index contributed by atoms with van der Waals surface area (Å²) in [5.41, 5.74) is 0. The quantitative estimate of drug-likeness (QED) is 0.758. The van der Waals surface area contributed by atoms with Crippen molar-refractivity contribution >= 4 is 5.78 Å². The molecule has 0 bridgehead atoms. The zero-order chi connectivity index (χ0) is 13.3. The van der Waals surface area contributed by atoms with Gasteiger partial charge in [0.1, 0.15) is 11.9 Å². The van der Waals surface area contributed by atoms with E-state index in [1.165, 1.54) is 12.8 Å². The molecule has 1 fully saturated rings. The predicted octanol–water partition coefficient (Wildman–Crippen LogP) is 3.96. The fourth-order valence-electron chi connectivity index (χ4n) is 3.29. The van der Waals surface area contributed by atoms with Crippen molar-refractivity contribution in [3.63, 3.8) is 0 Å². The molecule has 1 unspecified atom stereocenters. The minimum atomic E-state index is 0.124. The van der Waals surface area contributed by atoms with Crippen LogP contribution in [0.1, 0.15) is 53.4 Å². The maximum absolute atomic E-state index is 11.5. The number of carbonyl (C=O) groups excluding carboxylic acids is 1. The normalized spacial score (nSPS) is 36.9. The Morgan fingerprint density at radius 2 is 2.00 bits per heavy atom. The van der Waals surface area contributed by atoms with Gasteiger partial charge in [-0.25, -0.2) is 0 Å². The van der Waals surface area contributed by atoms with Gasteiger partial charge >= 0.3 is 0 Å². The van der Waals surface area contributed by atoms with Crippen LogP contribution in [0.2, 0.25) is 0 Å². The van der Waals surface area contributed by atoms with Gasteiger partial charge in [-0.1, -0.05) is 34.1 Å². The van der Waals surface area contributed by atoms with Crippen LogP contribution in [0.4, 0.5) is 0 Å². The maximum atomic E-state index is 11.5. The van der Waals surface area contributed by atoms with Gasteiger partial charge in [-0.15, -0.1) is 0 Å².